The zero-order valence-corrected chi connectivity index (χ0v) is 13.8. The van der Waals surface area contributed by atoms with Gasteiger partial charge in [0.1, 0.15) is 5.75 Å². The molecule has 0 radical (unpaired) electrons. The minimum Gasteiger partial charge on any atom is -0.494 e. The molecule has 2 heterocycles. The number of ether oxygens (including phenoxy) is 1. The molecule has 1 aromatic carbocycles. The maximum atomic E-state index is 12.1. The third kappa shape index (κ3) is 4.13. The molecule has 23 heavy (non-hydrogen) atoms. The average Bonchev–Trinajstić information content (AvgIpc) is 3.20. The van der Waals surface area contributed by atoms with Crippen LogP contribution in [-0.4, -0.2) is 36.8 Å². The zero-order chi connectivity index (χ0) is 16.1. The molecule has 6 nitrogen and oxygen atoms in total. The van der Waals surface area contributed by atoms with E-state index in [4.69, 9.17) is 4.74 Å². The van der Waals surface area contributed by atoms with E-state index in [9.17, 15) is 4.79 Å². The molecule has 1 fully saturated rings. The van der Waals surface area contributed by atoms with Gasteiger partial charge >= 0.3 is 6.03 Å². The fourth-order valence-electron chi connectivity index (χ4n) is 2.58. The lowest BCUT2D eigenvalue weighted by Crippen LogP contribution is -2.39. The van der Waals surface area contributed by atoms with E-state index in [1.807, 2.05) is 36.6 Å². The van der Waals surface area contributed by atoms with Crippen LogP contribution in [-0.2, 0) is 0 Å². The first-order valence-corrected chi connectivity index (χ1v) is 8.57. The van der Waals surface area contributed by atoms with E-state index in [2.05, 4.69) is 20.5 Å². The summed E-state index contributed by atoms with van der Waals surface area (Å²) in [5.74, 6) is 0.799. The van der Waals surface area contributed by atoms with Gasteiger partial charge in [-0.2, -0.15) is 0 Å². The summed E-state index contributed by atoms with van der Waals surface area (Å²) in [7, 11) is 0. The topological polar surface area (TPSA) is 66.5 Å². The Balaban J connectivity index is 1.48. The number of amides is 2. The van der Waals surface area contributed by atoms with Crippen LogP contribution in [0.25, 0.3) is 0 Å². The third-order valence-electron chi connectivity index (χ3n) is 3.64. The van der Waals surface area contributed by atoms with Crippen LogP contribution in [0.3, 0.4) is 0 Å². The van der Waals surface area contributed by atoms with Crippen molar-refractivity contribution in [3.8, 4) is 5.75 Å². The summed E-state index contributed by atoms with van der Waals surface area (Å²) in [4.78, 5) is 18.6. The number of benzene rings is 1. The van der Waals surface area contributed by atoms with Gasteiger partial charge in [0.25, 0.3) is 0 Å². The highest BCUT2D eigenvalue weighted by atomic mass is 32.1. The maximum absolute atomic E-state index is 12.1. The maximum Gasteiger partial charge on any atom is 0.319 e. The molecule has 1 saturated heterocycles. The fraction of sp³-hybridized carbons (Fsp3) is 0.375. The summed E-state index contributed by atoms with van der Waals surface area (Å²) in [5.41, 5.74) is 0.751. The van der Waals surface area contributed by atoms with Crippen LogP contribution in [0.4, 0.5) is 15.6 Å². The predicted octanol–water partition coefficient (Wildman–Crippen LogP) is 2.94. The molecule has 1 aliphatic heterocycles. The number of thiazole rings is 1. The number of carbonyl (C=O) groups is 1. The number of rotatable bonds is 5. The Labute approximate surface area is 139 Å². The molecule has 1 unspecified atom stereocenters. The largest absolute Gasteiger partial charge is 0.494 e. The number of urea groups is 1. The lowest BCUT2D eigenvalue weighted by molar-refractivity contribution is 0.249. The van der Waals surface area contributed by atoms with Gasteiger partial charge in [0.2, 0.25) is 0 Å². The van der Waals surface area contributed by atoms with Crippen LogP contribution in [0.2, 0.25) is 0 Å². The number of anilines is 2. The zero-order valence-electron chi connectivity index (χ0n) is 13.0. The minimum atomic E-state index is -0.180. The van der Waals surface area contributed by atoms with Gasteiger partial charge in [-0.1, -0.05) is 0 Å². The second-order valence-electron chi connectivity index (χ2n) is 5.30. The SMILES string of the molecule is CCOc1ccc(NC(=O)NC2CCN(c3nccs3)C2)cc1. The normalized spacial score (nSPS) is 17.1. The van der Waals surface area contributed by atoms with Crippen molar-refractivity contribution in [3.05, 3.63) is 35.8 Å². The summed E-state index contributed by atoms with van der Waals surface area (Å²) < 4.78 is 5.38. The van der Waals surface area contributed by atoms with Gasteiger partial charge in [0.05, 0.1) is 6.61 Å². The summed E-state index contributed by atoms with van der Waals surface area (Å²) in [5, 5.41) is 8.85. The van der Waals surface area contributed by atoms with Crippen LogP contribution >= 0.6 is 11.3 Å². The van der Waals surface area contributed by atoms with Crippen molar-refractivity contribution in [3.63, 3.8) is 0 Å². The molecule has 2 N–H and O–H groups in total. The standard InChI is InChI=1S/C16H20N4O2S/c1-2-22-14-5-3-12(4-6-14)18-15(21)19-13-7-9-20(11-13)16-17-8-10-23-16/h3-6,8,10,13H,2,7,9,11H2,1H3,(H2,18,19,21). The van der Waals surface area contributed by atoms with Gasteiger partial charge in [-0.25, -0.2) is 9.78 Å². The number of aromatic nitrogens is 1. The highest BCUT2D eigenvalue weighted by molar-refractivity contribution is 7.13. The van der Waals surface area contributed by atoms with Crippen molar-refractivity contribution < 1.29 is 9.53 Å². The monoisotopic (exact) mass is 332 g/mol. The van der Waals surface area contributed by atoms with Gasteiger partial charge in [-0.15, -0.1) is 11.3 Å². The van der Waals surface area contributed by atoms with E-state index >= 15 is 0 Å². The summed E-state index contributed by atoms with van der Waals surface area (Å²) in [6.07, 6.45) is 2.73. The van der Waals surface area contributed by atoms with E-state index in [0.29, 0.717) is 6.61 Å². The third-order valence-corrected chi connectivity index (χ3v) is 4.47. The number of hydrogen-bond donors (Lipinski definition) is 2. The average molecular weight is 332 g/mol. The highest BCUT2D eigenvalue weighted by Crippen LogP contribution is 2.22. The Bertz CT molecular complexity index is 630. The van der Waals surface area contributed by atoms with Crippen LogP contribution in [0.5, 0.6) is 5.75 Å². The van der Waals surface area contributed by atoms with E-state index in [0.717, 1.165) is 36.1 Å². The van der Waals surface area contributed by atoms with Crippen molar-refractivity contribution in [1.82, 2.24) is 10.3 Å². The first-order chi connectivity index (χ1) is 11.2. The molecule has 1 aliphatic rings. The van der Waals surface area contributed by atoms with Gasteiger partial charge in [-0.05, 0) is 37.6 Å². The van der Waals surface area contributed by atoms with Crippen molar-refractivity contribution in [2.75, 3.05) is 29.9 Å². The Morgan fingerprint density at radius 2 is 2.26 bits per heavy atom. The first-order valence-electron chi connectivity index (χ1n) is 7.69. The van der Waals surface area contributed by atoms with Crippen molar-refractivity contribution in [2.24, 2.45) is 0 Å². The predicted molar refractivity (Wildman–Crippen MR) is 92.5 cm³/mol. The molecule has 0 aliphatic carbocycles. The second kappa shape index (κ2) is 7.32. The van der Waals surface area contributed by atoms with Crippen molar-refractivity contribution in [2.45, 2.75) is 19.4 Å². The molecule has 0 saturated carbocycles. The molecule has 0 bridgehead atoms. The Morgan fingerprint density at radius 1 is 1.43 bits per heavy atom. The van der Waals surface area contributed by atoms with Gasteiger partial charge < -0.3 is 20.3 Å². The van der Waals surface area contributed by atoms with Crippen LogP contribution in [0.1, 0.15) is 13.3 Å². The molecular weight excluding hydrogens is 312 g/mol. The van der Waals surface area contributed by atoms with E-state index in [-0.39, 0.29) is 12.1 Å². The van der Waals surface area contributed by atoms with Gasteiger partial charge in [-0.3, -0.25) is 0 Å². The van der Waals surface area contributed by atoms with Gasteiger partial charge in [0.15, 0.2) is 5.13 Å². The fourth-order valence-corrected chi connectivity index (χ4v) is 3.26. The quantitative estimate of drug-likeness (QED) is 0.883. The first kappa shape index (κ1) is 15.6. The Morgan fingerprint density at radius 3 is 2.96 bits per heavy atom. The van der Waals surface area contributed by atoms with E-state index in [1.165, 1.54) is 0 Å². The molecule has 3 rings (SSSR count). The molecule has 0 spiro atoms. The minimum absolute atomic E-state index is 0.140. The Kier molecular flexibility index (Phi) is 4.97. The van der Waals surface area contributed by atoms with Gasteiger partial charge in [0, 0.05) is 36.4 Å². The lowest BCUT2D eigenvalue weighted by atomic mass is 10.2. The highest BCUT2D eigenvalue weighted by Gasteiger charge is 2.25. The summed E-state index contributed by atoms with van der Waals surface area (Å²) in [6, 6.07) is 7.32. The molecule has 1 atom stereocenters. The van der Waals surface area contributed by atoms with E-state index in [1.54, 1.807) is 17.5 Å². The smallest absolute Gasteiger partial charge is 0.319 e. The Hall–Kier alpha value is -2.28. The van der Waals surface area contributed by atoms with E-state index < -0.39 is 0 Å². The lowest BCUT2D eigenvalue weighted by Gasteiger charge is -2.16. The van der Waals surface area contributed by atoms with Crippen molar-refractivity contribution in [1.29, 1.82) is 0 Å². The van der Waals surface area contributed by atoms with Crippen molar-refractivity contribution >= 4 is 28.2 Å². The second-order valence-corrected chi connectivity index (χ2v) is 6.18. The summed E-state index contributed by atoms with van der Waals surface area (Å²) in [6.45, 7) is 4.28. The molecular formula is C16H20N4O2S. The van der Waals surface area contributed by atoms with Crippen LogP contribution < -0.4 is 20.3 Å². The summed E-state index contributed by atoms with van der Waals surface area (Å²) >= 11 is 1.62. The number of hydrogen-bond acceptors (Lipinski definition) is 5. The van der Waals surface area contributed by atoms with Crippen LogP contribution in [0, 0.1) is 0 Å². The number of carbonyl (C=O) groups excluding carboxylic acids is 1. The van der Waals surface area contributed by atoms with Crippen LogP contribution in [0.15, 0.2) is 35.8 Å². The molecule has 2 aromatic rings. The molecule has 2 amide bonds. The molecule has 1 aromatic heterocycles. The molecule has 122 valence electrons. The molecule has 7 heteroatoms. The number of nitrogens with one attached hydrogen (secondary N) is 2. The number of nitrogens with zero attached hydrogens (tertiary/aromatic N) is 2.